The molecular formula is C13H18ClF2N. The topological polar surface area (TPSA) is 12.0 Å². The predicted molar refractivity (Wildman–Crippen MR) is 67.2 cm³/mol. The Bertz CT molecular complexity index is 399. The van der Waals surface area contributed by atoms with Gasteiger partial charge in [-0.1, -0.05) is 32.4 Å². The van der Waals surface area contributed by atoms with Crippen molar-refractivity contribution in [3.8, 4) is 0 Å². The first-order chi connectivity index (χ1) is 7.74. The van der Waals surface area contributed by atoms with Crippen LogP contribution in [0.5, 0.6) is 0 Å². The molecule has 17 heavy (non-hydrogen) atoms. The molecule has 96 valence electrons. The van der Waals surface area contributed by atoms with Crippen LogP contribution < -0.4 is 5.32 Å². The monoisotopic (exact) mass is 261 g/mol. The minimum Gasteiger partial charge on any atom is -0.313 e. The second kappa shape index (κ2) is 5.32. The van der Waals surface area contributed by atoms with Gasteiger partial charge in [-0.3, -0.25) is 0 Å². The SMILES string of the molecule is CNC(CC(C)(C)C)c1cc(F)c(F)cc1Cl. The maximum Gasteiger partial charge on any atom is 0.160 e. The van der Waals surface area contributed by atoms with E-state index in [-0.39, 0.29) is 16.5 Å². The van der Waals surface area contributed by atoms with Crippen molar-refractivity contribution in [3.05, 3.63) is 34.4 Å². The van der Waals surface area contributed by atoms with Crippen LogP contribution in [-0.2, 0) is 0 Å². The van der Waals surface area contributed by atoms with Gasteiger partial charge in [0.1, 0.15) is 0 Å². The molecule has 0 spiro atoms. The summed E-state index contributed by atoms with van der Waals surface area (Å²) in [7, 11) is 1.79. The highest BCUT2D eigenvalue weighted by Crippen LogP contribution is 2.33. The second-order valence-corrected chi connectivity index (χ2v) is 5.80. The van der Waals surface area contributed by atoms with E-state index < -0.39 is 11.6 Å². The van der Waals surface area contributed by atoms with Crippen molar-refractivity contribution in [3.63, 3.8) is 0 Å². The highest BCUT2D eigenvalue weighted by Gasteiger charge is 2.22. The summed E-state index contributed by atoms with van der Waals surface area (Å²) in [6, 6.07) is 2.11. The minimum atomic E-state index is -0.913. The zero-order valence-corrected chi connectivity index (χ0v) is 11.3. The van der Waals surface area contributed by atoms with Gasteiger partial charge in [0, 0.05) is 11.1 Å². The van der Waals surface area contributed by atoms with Crippen molar-refractivity contribution in [2.75, 3.05) is 7.05 Å². The summed E-state index contributed by atoms with van der Waals surface area (Å²) in [5.41, 5.74) is 0.671. The molecule has 0 fully saturated rings. The zero-order valence-electron chi connectivity index (χ0n) is 10.6. The van der Waals surface area contributed by atoms with Crippen molar-refractivity contribution >= 4 is 11.6 Å². The lowest BCUT2D eigenvalue weighted by molar-refractivity contribution is 0.320. The van der Waals surface area contributed by atoms with Gasteiger partial charge < -0.3 is 5.32 Å². The molecule has 1 atom stereocenters. The molecule has 4 heteroatoms. The van der Waals surface area contributed by atoms with Crippen LogP contribution in [0.2, 0.25) is 5.02 Å². The van der Waals surface area contributed by atoms with Crippen LogP contribution in [0.15, 0.2) is 12.1 Å². The van der Waals surface area contributed by atoms with Crippen molar-refractivity contribution < 1.29 is 8.78 Å². The number of halogens is 3. The molecule has 0 aliphatic rings. The first-order valence-electron chi connectivity index (χ1n) is 5.56. The highest BCUT2D eigenvalue weighted by atomic mass is 35.5. The Morgan fingerprint density at radius 3 is 2.24 bits per heavy atom. The number of benzene rings is 1. The first-order valence-corrected chi connectivity index (χ1v) is 5.94. The zero-order chi connectivity index (χ0) is 13.2. The first kappa shape index (κ1) is 14.4. The van der Waals surface area contributed by atoms with E-state index in [1.54, 1.807) is 7.05 Å². The normalized spacial score (nSPS) is 13.8. The third kappa shape index (κ3) is 3.93. The Hall–Kier alpha value is -0.670. The van der Waals surface area contributed by atoms with Crippen LogP contribution in [0.25, 0.3) is 0 Å². The highest BCUT2D eigenvalue weighted by molar-refractivity contribution is 6.31. The molecule has 0 heterocycles. The molecule has 0 amide bonds. The van der Waals surface area contributed by atoms with Gasteiger partial charge >= 0.3 is 0 Å². The van der Waals surface area contributed by atoms with E-state index >= 15 is 0 Å². The molecule has 0 aromatic heterocycles. The summed E-state index contributed by atoms with van der Waals surface area (Å²) in [6.45, 7) is 6.27. The summed E-state index contributed by atoms with van der Waals surface area (Å²) in [4.78, 5) is 0. The molecule has 0 saturated carbocycles. The van der Waals surface area contributed by atoms with Gasteiger partial charge in [-0.15, -0.1) is 0 Å². The van der Waals surface area contributed by atoms with Crippen molar-refractivity contribution in [2.45, 2.75) is 33.2 Å². The molecule has 0 radical (unpaired) electrons. The van der Waals surface area contributed by atoms with Gasteiger partial charge in [0.15, 0.2) is 11.6 Å². The van der Waals surface area contributed by atoms with Crippen molar-refractivity contribution in [1.82, 2.24) is 5.32 Å². The summed E-state index contributed by atoms with van der Waals surface area (Å²) < 4.78 is 26.2. The van der Waals surface area contributed by atoms with Gasteiger partial charge in [0.25, 0.3) is 0 Å². The quantitative estimate of drug-likeness (QED) is 0.800. The van der Waals surface area contributed by atoms with Crippen LogP contribution in [0.4, 0.5) is 8.78 Å². The molecule has 0 saturated heterocycles. The lowest BCUT2D eigenvalue weighted by Crippen LogP contribution is -2.23. The van der Waals surface area contributed by atoms with Gasteiger partial charge in [-0.2, -0.15) is 0 Å². The molecular weight excluding hydrogens is 244 g/mol. The van der Waals surface area contributed by atoms with E-state index in [1.165, 1.54) is 6.07 Å². The van der Waals surface area contributed by atoms with Crippen molar-refractivity contribution in [1.29, 1.82) is 0 Å². The third-order valence-corrected chi connectivity index (χ3v) is 2.91. The van der Waals surface area contributed by atoms with E-state index in [4.69, 9.17) is 11.6 Å². The van der Waals surface area contributed by atoms with Crippen molar-refractivity contribution in [2.24, 2.45) is 5.41 Å². The van der Waals surface area contributed by atoms with Gasteiger partial charge in [0.05, 0.1) is 0 Å². The number of rotatable bonds is 3. The maximum absolute atomic E-state index is 13.2. The van der Waals surface area contributed by atoms with Crippen LogP contribution in [0.1, 0.15) is 38.8 Å². The third-order valence-electron chi connectivity index (χ3n) is 2.58. The van der Waals surface area contributed by atoms with Gasteiger partial charge in [0.2, 0.25) is 0 Å². The van der Waals surface area contributed by atoms with Crippen LogP contribution in [-0.4, -0.2) is 7.05 Å². The van der Waals surface area contributed by atoms with Crippen LogP contribution >= 0.6 is 11.6 Å². The lowest BCUT2D eigenvalue weighted by Gasteiger charge is -2.26. The Kier molecular flexibility index (Phi) is 4.50. The Morgan fingerprint density at radius 2 is 1.76 bits per heavy atom. The average molecular weight is 262 g/mol. The van der Waals surface area contributed by atoms with E-state index in [9.17, 15) is 8.78 Å². The summed E-state index contributed by atoms with van der Waals surface area (Å²) in [5, 5.41) is 3.35. The van der Waals surface area contributed by atoms with Crippen LogP contribution in [0.3, 0.4) is 0 Å². The minimum absolute atomic E-state index is 0.0713. The molecule has 1 rings (SSSR count). The Labute approximate surface area is 106 Å². The summed E-state index contributed by atoms with van der Waals surface area (Å²) in [5.74, 6) is -1.78. The van der Waals surface area contributed by atoms with E-state index in [2.05, 4.69) is 26.1 Å². The maximum atomic E-state index is 13.2. The number of hydrogen-bond donors (Lipinski definition) is 1. The average Bonchev–Trinajstić information content (AvgIpc) is 2.19. The van der Waals surface area contributed by atoms with E-state index in [1.807, 2.05) is 0 Å². The van der Waals surface area contributed by atoms with Gasteiger partial charge in [-0.25, -0.2) is 8.78 Å². The fraction of sp³-hybridized carbons (Fsp3) is 0.538. The largest absolute Gasteiger partial charge is 0.313 e. The Morgan fingerprint density at radius 1 is 1.24 bits per heavy atom. The molecule has 0 bridgehead atoms. The summed E-state index contributed by atoms with van der Waals surface area (Å²) in [6.07, 6.45) is 0.786. The fourth-order valence-electron chi connectivity index (χ4n) is 1.78. The standard InChI is InChI=1S/C13H18ClF2N/c1-13(2,3)7-12(17-4)8-5-10(15)11(16)6-9(8)14/h5-6,12,17H,7H2,1-4H3. The van der Waals surface area contributed by atoms with E-state index in [0.29, 0.717) is 5.56 Å². The fourth-order valence-corrected chi connectivity index (χ4v) is 2.07. The molecule has 1 nitrogen and oxygen atoms in total. The predicted octanol–water partition coefficient (Wildman–Crippen LogP) is 4.31. The van der Waals surface area contributed by atoms with Crippen LogP contribution in [0, 0.1) is 17.0 Å². The number of hydrogen-bond acceptors (Lipinski definition) is 1. The molecule has 1 unspecified atom stereocenters. The molecule has 0 aliphatic carbocycles. The lowest BCUT2D eigenvalue weighted by atomic mass is 9.85. The van der Waals surface area contributed by atoms with E-state index in [0.717, 1.165) is 12.5 Å². The molecule has 1 aromatic carbocycles. The number of nitrogens with one attached hydrogen (secondary N) is 1. The Balaban J connectivity index is 3.08. The molecule has 0 aliphatic heterocycles. The molecule has 1 N–H and O–H groups in total. The smallest absolute Gasteiger partial charge is 0.160 e. The second-order valence-electron chi connectivity index (χ2n) is 5.39. The van der Waals surface area contributed by atoms with Gasteiger partial charge in [-0.05, 0) is 36.6 Å². The molecule has 1 aromatic rings. The summed E-state index contributed by atoms with van der Waals surface area (Å²) >= 11 is 5.96.